The average molecular weight is 438 g/mol. The van der Waals surface area contributed by atoms with E-state index in [-0.39, 0.29) is 16.6 Å². The van der Waals surface area contributed by atoms with Gasteiger partial charge in [-0.2, -0.15) is 13.5 Å². The topological polar surface area (TPSA) is 105 Å². The van der Waals surface area contributed by atoms with E-state index in [0.717, 1.165) is 24.4 Å². The number of carbonyl (C=O) groups excluding carboxylic acids is 1. The second-order valence-electron chi connectivity index (χ2n) is 7.37. The third kappa shape index (κ3) is 4.51. The Bertz CT molecular complexity index is 1260. The van der Waals surface area contributed by atoms with E-state index in [0.29, 0.717) is 23.4 Å². The van der Waals surface area contributed by atoms with Crippen LogP contribution in [0.3, 0.4) is 0 Å². The zero-order valence-electron chi connectivity index (χ0n) is 17.3. The molecule has 2 aromatic carbocycles. The Kier molecular flexibility index (Phi) is 5.60. The number of benzene rings is 2. The van der Waals surface area contributed by atoms with Crippen LogP contribution in [0.5, 0.6) is 0 Å². The van der Waals surface area contributed by atoms with Gasteiger partial charge in [-0.1, -0.05) is 12.1 Å². The van der Waals surface area contributed by atoms with Gasteiger partial charge in [0.2, 0.25) is 0 Å². The first-order valence-corrected chi connectivity index (χ1v) is 11.4. The van der Waals surface area contributed by atoms with E-state index < -0.39 is 10.0 Å². The molecule has 160 valence electrons. The van der Waals surface area contributed by atoms with Crippen LogP contribution in [0.2, 0.25) is 0 Å². The first-order valence-electron chi connectivity index (χ1n) is 9.94. The molecule has 0 unspecified atom stereocenters. The predicted molar refractivity (Wildman–Crippen MR) is 119 cm³/mol. The van der Waals surface area contributed by atoms with Crippen LogP contribution in [-0.4, -0.2) is 36.5 Å². The number of hydrogen-bond acceptors (Lipinski definition) is 5. The van der Waals surface area contributed by atoms with Gasteiger partial charge in [0.05, 0.1) is 5.69 Å². The summed E-state index contributed by atoms with van der Waals surface area (Å²) in [5, 5.41) is 10.3. The summed E-state index contributed by atoms with van der Waals surface area (Å²) in [4.78, 5) is 12.6. The van der Waals surface area contributed by atoms with Gasteiger partial charge < -0.3 is 10.6 Å². The molecule has 0 spiro atoms. The third-order valence-electron chi connectivity index (χ3n) is 4.98. The summed E-state index contributed by atoms with van der Waals surface area (Å²) in [5.41, 5.74) is 3.80. The van der Waals surface area contributed by atoms with Crippen molar-refractivity contribution in [2.75, 3.05) is 11.9 Å². The van der Waals surface area contributed by atoms with Gasteiger partial charge in [-0.25, -0.2) is 0 Å². The lowest BCUT2D eigenvalue weighted by Crippen LogP contribution is -2.25. The van der Waals surface area contributed by atoms with Gasteiger partial charge in [0.25, 0.3) is 15.9 Å². The van der Waals surface area contributed by atoms with Crippen molar-refractivity contribution in [3.05, 3.63) is 77.1 Å². The van der Waals surface area contributed by atoms with Gasteiger partial charge in [-0.3, -0.25) is 9.48 Å². The molecule has 1 aliphatic rings. The molecule has 0 radical (unpaired) electrons. The van der Waals surface area contributed by atoms with Gasteiger partial charge in [-0.15, -0.1) is 4.40 Å². The van der Waals surface area contributed by atoms with Crippen molar-refractivity contribution in [1.29, 1.82) is 0 Å². The maximum Gasteiger partial charge on any atom is 0.285 e. The Labute approximate surface area is 181 Å². The number of aryl methyl sites for hydroxylation is 3. The minimum atomic E-state index is -3.68. The van der Waals surface area contributed by atoms with Crippen molar-refractivity contribution in [2.45, 2.75) is 31.7 Å². The largest absolute Gasteiger partial charge is 0.352 e. The Morgan fingerprint density at radius 3 is 2.52 bits per heavy atom. The second kappa shape index (κ2) is 8.35. The molecule has 0 atom stereocenters. The monoisotopic (exact) mass is 437 g/mol. The summed E-state index contributed by atoms with van der Waals surface area (Å²) in [6.45, 7) is 5.26. The van der Waals surface area contributed by atoms with Crippen LogP contribution in [0.4, 0.5) is 5.69 Å². The number of aromatic nitrogens is 2. The predicted octanol–water partition coefficient (Wildman–Crippen LogP) is 2.88. The molecular weight excluding hydrogens is 414 g/mol. The highest BCUT2D eigenvalue weighted by Gasteiger charge is 2.28. The molecule has 2 N–H and O–H groups in total. The number of fused-ring (bicyclic) bond motifs is 1. The fraction of sp³-hybridized carbons (Fsp3) is 0.227. The Morgan fingerprint density at radius 1 is 1.06 bits per heavy atom. The zero-order chi connectivity index (χ0) is 22.0. The molecule has 0 fully saturated rings. The molecule has 3 aromatic rings. The fourth-order valence-electron chi connectivity index (χ4n) is 3.47. The van der Waals surface area contributed by atoms with Crippen LogP contribution in [0, 0.1) is 13.8 Å². The first kappa shape index (κ1) is 20.8. The smallest absolute Gasteiger partial charge is 0.285 e. The van der Waals surface area contributed by atoms with Crippen LogP contribution in [-0.2, 0) is 16.6 Å². The molecule has 0 bridgehead atoms. The molecule has 0 saturated heterocycles. The van der Waals surface area contributed by atoms with Gasteiger partial charge in [-0.05, 0) is 62.7 Å². The number of amidine groups is 1. The average Bonchev–Trinajstić information content (AvgIpc) is 3.20. The van der Waals surface area contributed by atoms with E-state index in [2.05, 4.69) is 20.1 Å². The van der Waals surface area contributed by atoms with Crippen LogP contribution in [0.15, 0.2) is 63.9 Å². The van der Waals surface area contributed by atoms with E-state index >= 15 is 0 Å². The Hall–Kier alpha value is -3.46. The highest BCUT2D eigenvalue weighted by atomic mass is 32.2. The summed E-state index contributed by atoms with van der Waals surface area (Å²) in [7, 11) is -3.68. The number of carbonyl (C=O) groups is 1. The summed E-state index contributed by atoms with van der Waals surface area (Å²) < 4.78 is 30.0. The number of anilines is 1. The van der Waals surface area contributed by atoms with E-state index in [9.17, 15) is 13.2 Å². The molecular formula is C22H23N5O3S. The number of hydrogen-bond donors (Lipinski definition) is 2. The van der Waals surface area contributed by atoms with Gasteiger partial charge in [0, 0.05) is 35.6 Å². The molecule has 0 saturated carbocycles. The fourth-order valence-corrected chi connectivity index (χ4v) is 4.65. The van der Waals surface area contributed by atoms with Crippen molar-refractivity contribution >= 4 is 27.5 Å². The molecule has 1 aromatic heterocycles. The highest BCUT2D eigenvalue weighted by molar-refractivity contribution is 7.90. The summed E-state index contributed by atoms with van der Waals surface area (Å²) in [6, 6.07) is 15.5. The quantitative estimate of drug-likeness (QED) is 0.577. The minimum Gasteiger partial charge on any atom is -0.352 e. The third-order valence-corrected chi connectivity index (χ3v) is 6.31. The molecule has 9 heteroatoms. The van der Waals surface area contributed by atoms with Crippen molar-refractivity contribution in [2.24, 2.45) is 4.40 Å². The van der Waals surface area contributed by atoms with Gasteiger partial charge in [0.1, 0.15) is 4.90 Å². The summed E-state index contributed by atoms with van der Waals surface area (Å²) >= 11 is 0. The number of amides is 1. The van der Waals surface area contributed by atoms with E-state index in [1.54, 1.807) is 42.5 Å². The van der Waals surface area contributed by atoms with Gasteiger partial charge in [0.15, 0.2) is 5.84 Å². The SMILES string of the molecule is Cc1cc(C)n(CCCNC(=O)c2ccc(NC3=NS(=O)(=O)c4ccccc43)cc2)n1. The molecule has 4 rings (SSSR count). The number of nitrogens with zero attached hydrogens (tertiary/aromatic N) is 3. The van der Waals surface area contributed by atoms with Crippen LogP contribution in [0.1, 0.15) is 33.7 Å². The molecule has 2 heterocycles. The zero-order valence-corrected chi connectivity index (χ0v) is 18.1. The number of nitrogens with one attached hydrogen (secondary N) is 2. The standard InChI is InChI=1S/C22H23N5O3S/c1-15-14-16(2)27(25-15)13-5-12-23-22(28)17-8-10-18(11-9-17)24-21-19-6-3-4-7-20(19)31(29,30)26-21/h3-4,6-11,14H,5,12-13H2,1-2H3,(H,23,28)(H,24,26). The lowest BCUT2D eigenvalue weighted by Gasteiger charge is -2.09. The van der Waals surface area contributed by atoms with E-state index in [1.165, 1.54) is 6.07 Å². The minimum absolute atomic E-state index is 0.161. The van der Waals surface area contributed by atoms with E-state index in [1.807, 2.05) is 24.6 Å². The number of sulfonamides is 1. The second-order valence-corrected chi connectivity index (χ2v) is 8.95. The Morgan fingerprint density at radius 2 is 1.81 bits per heavy atom. The molecule has 1 amide bonds. The molecule has 8 nitrogen and oxygen atoms in total. The van der Waals surface area contributed by atoms with Crippen LogP contribution < -0.4 is 10.6 Å². The maximum absolute atomic E-state index is 12.4. The lowest BCUT2D eigenvalue weighted by molar-refractivity contribution is 0.0952. The molecule has 1 aliphatic heterocycles. The lowest BCUT2D eigenvalue weighted by atomic mass is 10.1. The first-order chi connectivity index (χ1) is 14.8. The van der Waals surface area contributed by atoms with Gasteiger partial charge >= 0.3 is 0 Å². The van der Waals surface area contributed by atoms with Crippen molar-refractivity contribution in [3.8, 4) is 0 Å². The van der Waals surface area contributed by atoms with E-state index in [4.69, 9.17) is 0 Å². The molecule has 31 heavy (non-hydrogen) atoms. The van der Waals surface area contributed by atoms with Crippen LogP contribution >= 0.6 is 0 Å². The van der Waals surface area contributed by atoms with Crippen molar-refractivity contribution in [1.82, 2.24) is 15.1 Å². The summed E-state index contributed by atoms with van der Waals surface area (Å²) in [5.74, 6) is 0.114. The van der Waals surface area contributed by atoms with Crippen LogP contribution in [0.25, 0.3) is 0 Å². The van der Waals surface area contributed by atoms with Crippen molar-refractivity contribution < 1.29 is 13.2 Å². The highest BCUT2D eigenvalue weighted by Crippen LogP contribution is 2.26. The van der Waals surface area contributed by atoms with Crippen molar-refractivity contribution in [3.63, 3.8) is 0 Å². The normalized spacial score (nSPS) is 14.1. The maximum atomic E-state index is 12.4. The summed E-state index contributed by atoms with van der Waals surface area (Å²) in [6.07, 6.45) is 0.779. The molecule has 0 aliphatic carbocycles. The Balaban J connectivity index is 1.33. The number of rotatable bonds is 6.